The molecule has 1 aliphatic carbocycles. The summed E-state index contributed by atoms with van der Waals surface area (Å²) < 4.78 is 5.78. The molecule has 4 aliphatic rings. The average Bonchev–Trinajstić information content (AvgIpc) is 3.42. The van der Waals surface area contributed by atoms with E-state index in [1.165, 1.54) is 0 Å². The number of piperazine rings is 1. The number of carbonyl (C=O) groups excluding carboxylic acids is 2. The molecule has 0 spiro atoms. The van der Waals surface area contributed by atoms with Gasteiger partial charge in [0.25, 0.3) is 5.91 Å². The van der Waals surface area contributed by atoms with Gasteiger partial charge in [0.1, 0.15) is 6.10 Å². The van der Waals surface area contributed by atoms with Gasteiger partial charge in [-0.1, -0.05) is 13.8 Å². The molecule has 0 aromatic carbocycles. The van der Waals surface area contributed by atoms with Gasteiger partial charge in [-0.05, 0) is 57.4 Å². The minimum absolute atomic E-state index is 0.0920. The Hall–Kier alpha value is -1.18. The fraction of sp³-hybridized carbons (Fsp3) is 0.913. The highest BCUT2D eigenvalue weighted by Crippen LogP contribution is 2.38. The standard InChI is InChI=1S/C23H40N4O3/c1-23(2)8-6-17(7-9-23)27(22(29)20-5-4-14-30-20)18-15-19(24-16-18)21(28)26-12-10-25(3)11-13-26/h17-20,24H,4-16H2,1-3H3/t18-,19-,20-/m0/s1. The Morgan fingerprint density at radius 2 is 1.73 bits per heavy atom. The van der Waals surface area contributed by atoms with Crippen molar-refractivity contribution < 1.29 is 14.3 Å². The predicted octanol–water partition coefficient (Wildman–Crippen LogP) is 1.47. The molecule has 7 heteroatoms. The Kier molecular flexibility index (Phi) is 6.70. The molecule has 3 atom stereocenters. The number of carbonyl (C=O) groups is 2. The van der Waals surface area contributed by atoms with Gasteiger partial charge < -0.3 is 24.8 Å². The van der Waals surface area contributed by atoms with Crippen LogP contribution in [0.15, 0.2) is 0 Å². The van der Waals surface area contributed by atoms with Crippen molar-refractivity contribution in [1.82, 2.24) is 20.0 Å². The fourth-order valence-corrected chi connectivity index (χ4v) is 5.62. The summed E-state index contributed by atoms with van der Waals surface area (Å²) in [5, 5.41) is 3.46. The number of hydrogen-bond donors (Lipinski definition) is 1. The van der Waals surface area contributed by atoms with E-state index in [9.17, 15) is 9.59 Å². The third-order valence-corrected chi connectivity index (χ3v) is 7.78. The first-order valence-corrected chi connectivity index (χ1v) is 12.0. The van der Waals surface area contributed by atoms with Crippen LogP contribution in [0.5, 0.6) is 0 Å². The van der Waals surface area contributed by atoms with Crippen LogP contribution in [0.25, 0.3) is 0 Å². The first kappa shape index (κ1) is 22.0. The summed E-state index contributed by atoms with van der Waals surface area (Å²) in [6.07, 6.45) is 6.65. The summed E-state index contributed by atoms with van der Waals surface area (Å²) in [6.45, 7) is 9.53. The third kappa shape index (κ3) is 4.83. The number of rotatable bonds is 4. The van der Waals surface area contributed by atoms with Gasteiger partial charge in [0, 0.05) is 51.4 Å². The SMILES string of the molecule is CN1CCN(C(=O)[C@@H]2C[C@H](N(C(=O)[C@@H]3CCCO3)C3CCC(C)(C)CC3)CN2)CC1. The molecule has 3 aliphatic heterocycles. The lowest BCUT2D eigenvalue weighted by Crippen LogP contribution is -2.53. The van der Waals surface area contributed by atoms with Crippen LogP contribution in [0.4, 0.5) is 0 Å². The molecule has 2 amide bonds. The van der Waals surface area contributed by atoms with Crippen LogP contribution < -0.4 is 5.32 Å². The molecule has 3 heterocycles. The van der Waals surface area contributed by atoms with E-state index in [0.29, 0.717) is 18.6 Å². The van der Waals surface area contributed by atoms with Gasteiger partial charge >= 0.3 is 0 Å². The third-order valence-electron chi connectivity index (χ3n) is 7.78. The lowest BCUT2D eigenvalue weighted by molar-refractivity contribution is -0.147. The summed E-state index contributed by atoms with van der Waals surface area (Å²) in [6, 6.07) is 0.201. The smallest absolute Gasteiger partial charge is 0.252 e. The lowest BCUT2D eigenvalue weighted by atomic mass is 9.75. The number of likely N-dealkylation sites (N-methyl/N-ethyl adjacent to an activating group) is 1. The zero-order valence-electron chi connectivity index (χ0n) is 19.1. The Morgan fingerprint density at radius 1 is 1.03 bits per heavy atom. The van der Waals surface area contributed by atoms with Gasteiger partial charge in [0.15, 0.2) is 0 Å². The second kappa shape index (κ2) is 9.13. The first-order chi connectivity index (χ1) is 14.3. The van der Waals surface area contributed by atoms with Crippen LogP contribution in [0.1, 0.15) is 58.8 Å². The van der Waals surface area contributed by atoms with Crippen LogP contribution in [0.2, 0.25) is 0 Å². The Labute approximate surface area is 181 Å². The van der Waals surface area contributed by atoms with Gasteiger partial charge in [-0.3, -0.25) is 9.59 Å². The fourth-order valence-electron chi connectivity index (χ4n) is 5.62. The molecule has 0 aromatic rings. The molecular formula is C23H40N4O3. The minimum Gasteiger partial charge on any atom is -0.368 e. The van der Waals surface area contributed by atoms with Crippen molar-refractivity contribution >= 4 is 11.8 Å². The highest BCUT2D eigenvalue weighted by molar-refractivity contribution is 5.84. The van der Waals surface area contributed by atoms with Crippen molar-refractivity contribution in [2.75, 3.05) is 46.4 Å². The predicted molar refractivity (Wildman–Crippen MR) is 116 cm³/mol. The number of amides is 2. The summed E-state index contributed by atoms with van der Waals surface area (Å²) >= 11 is 0. The average molecular weight is 421 g/mol. The second-order valence-corrected chi connectivity index (χ2v) is 10.6. The molecule has 1 saturated carbocycles. The van der Waals surface area contributed by atoms with Crippen molar-refractivity contribution in [2.45, 2.75) is 83.0 Å². The molecule has 4 rings (SSSR count). The van der Waals surface area contributed by atoms with Gasteiger partial charge in [-0.2, -0.15) is 0 Å². The van der Waals surface area contributed by atoms with Crippen LogP contribution in [0, 0.1) is 5.41 Å². The molecule has 3 saturated heterocycles. The minimum atomic E-state index is -0.285. The van der Waals surface area contributed by atoms with E-state index >= 15 is 0 Å². The van der Waals surface area contributed by atoms with Gasteiger partial charge in [-0.15, -0.1) is 0 Å². The molecule has 4 fully saturated rings. The number of nitrogens with one attached hydrogen (secondary N) is 1. The highest BCUT2D eigenvalue weighted by Gasteiger charge is 2.43. The molecule has 1 N–H and O–H groups in total. The summed E-state index contributed by atoms with van der Waals surface area (Å²) in [7, 11) is 2.10. The van der Waals surface area contributed by atoms with Crippen LogP contribution in [-0.2, 0) is 14.3 Å². The molecule has 0 radical (unpaired) electrons. The van der Waals surface area contributed by atoms with E-state index in [0.717, 1.165) is 71.1 Å². The number of nitrogens with zero attached hydrogens (tertiary/aromatic N) is 3. The maximum Gasteiger partial charge on any atom is 0.252 e. The summed E-state index contributed by atoms with van der Waals surface area (Å²) in [4.78, 5) is 33.0. The number of ether oxygens (including phenoxy) is 1. The zero-order chi connectivity index (χ0) is 21.3. The Morgan fingerprint density at radius 3 is 2.37 bits per heavy atom. The summed E-state index contributed by atoms with van der Waals surface area (Å²) in [5.74, 6) is 0.372. The largest absolute Gasteiger partial charge is 0.368 e. The van der Waals surface area contributed by atoms with E-state index in [2.05, 4.69) is 36.0 Å². The molecule has 7 nitrogen and oxygen atoms in total. The van der Waals surface area contributed by atoms with E-state index in [1.54, 1.807) is 0 Å². The first-order valence-electron chi connectivity index (χ1n) is 12.0. The van der Waals surface area contributed by atoms with Crippen molar-refractivity contribution in [2.24, 2.45) is 5.41 Å². The normalized spacial score (nSPS) is 33.0. The Bertz CT molecular complexity index is 616. The van der Waals surface area contributed by atoms with Gasteiger partial charge in [0.2, 0.25) is 5.91 Å². The van der Waals surface area contributed by atoms with Crippen LogP contribution in [0.3, 0.4) is 0 Å². The van der Waals surface area contributed by atoms with E-state index in [1.807, 2.05) is 4.90 Å². The molecule has 0 aromatic heterocycles. The topological polar surface area (TPSA) is 65.1 Å². The Balaban J connectivity index is 1.43. The molecule has 30 heavy (non-hydrogen) atoms. The van der Waals surface area contributed by atoms with Gasteiger partial charge in [-0.25, -0.2) is 0 Å². The van der Waals surface area contributed by atoms with E-state index < -0.39 is 0 Å². The molecule has 0 bridgehead atoms. The molecular weight excluding hydrogens is 380 g/mol. The summed E-state index contributed by atoms with van der Waals surface area (Å²) in [5.41, 5.74) is 0.364. The maximum atomic E-state index is 13.5. The van der Waals surface area contributed by atoms with Crippen molar-refractivity contribution in [3.63, 3.8) is 0 Å². The van der Waals surface area contributed by atoms with Crippen molar-refractivity contribution in [3.8, 4) is 0 Å². The molecule has 170 valence electrons. The molecule has 0 unspecified atom stereocenters. The van der Waals surface area contributed by atoms with Gasteiger partial charge in [0.05, 0.1) is 6.04 Å². The lowest BCUT2D eigenvalue weighted by Gasteiger charge is -2.43. The highest BCUT2D eigenvalue weighted by atomic mass is 16.5. The zero-order valence-corrected chi connectivity index (χ0v) is 19.1. The number of hydrogen-bond acceptors (Lipinski definition) is 5. The maximum absolute atomic E-state index is 13.5. The van der Waals surface area contributed by atoms with Crippen molar-refractivity contribution in [3.05, 3.63) is 0 Å². The van der Waals surface area contributed by atoms with E-state index in [-0.39, 0.29) is 36.0 Å². The second-order valence-electron chi connectivity index (χ2n) is 10.6. The quantitative estimate of drug-likeness (QED) is 0.746. The van der Waals surface area contributed by atoms with Crippen LogP contribution in [-0.4, -0.2) is 97.1 Å². The van der Waals surface area contributed by atoms with E-state index in [4.69, 9.17) is 4.74 Å². The van der Waals surface area contributed by atoms with Crippen LogP contribution >= 0.6 is 0 Å². The van der Waals surface area contributed by atoms with Crippen molar-refractivity contribution in [1.29, 1.82) is 0 Å². The monoisotopic (exact) mass is 420 g/mol.